The Bertz CT molecular complexity index is 489. The first kappa shape index (κ1) is 16.8. The summed E-state index contributed by atoms with van der Waals surface area (Å²) in [6, 6.07) is 3.40. The Balaban J connectivity index is 2.02. The van der Waals surface area contributed by atoms with E-state index in [1.165, 1.54) is 12.1 Å². The molecule has 1 fully saturated rings. The van der Waals surface area contributed by atoms with Crippen LogP contribution in [0.15, 0.2) is 24.3 Å². The van der Waals surface area contributed by atoms with Crippen molar-refractivity contribution in [1.29, 1.82) is 0 Å². The van der Waals surface area contributed by atoms with Crippen molar-refractivity contribution >= 4 is 5.91 Å². The standard InChI is InChI=1S/C16H21F3N2O/c1-2-11(10-21-8-3-9-21)16(22)20-14(15(18)19)12-4-6-13(17)7-5-12/h4-7,11,14-15H,2-3,8-10H2,1H3,(H,20,22)/t11?,14-/m1/s1. The molecule has 0 bridgehead atoms. The van der Waals surface area contributed by atoms with Gasteiger partial charge in [0.15, 0.2) is 0 Å². The third-order valence-corrected chi connectivity index (χ3v) is 4.07. The van der Waals surface area contributed by atoms with Crippen molar-refractivity contribution in [2.45, 2.75) is 32.2 Å². The first-order valence-corrected chi connectivity index (χ1v) is 7.57. The molecule has 3 nitrogen and oxygen atoms in total. The molecule has 1 amide bonds. The van der Waals surface area contributed by atoms with Gasteiger partial charge in [-0.2, -0.15) is 0 Å². The normalized spacial score (nSPS) is 17.9. The fourth-order valence-electron chi connectivity index (χ4n) is 2.51. The van der Waals surface area contributed by atoms with Crippen molar-refractivity contribution in [3.8, 4) is 0 Å². The van der Waals surface area contributed by atoms with Gasteiger partial charge in [-0.15, -0.1) is 0 Å². The van der Waals surface area contributed by atoms with Gasteiger partial charge in [-0.1, -0.05) is 19.1 Å². The zero-order valence-corrected chi connectivity index (χ0v) is 12.6. The summed E-state index contributed by atoms with van der Waals surface area (Å²) in [5.74, 6) is -1.17. The molecule has 1 N–H and O–H groups in total. The maximum Gasteiger partial charge on any atom is 0.262 e. The molecule has 22 heavy (non-hydrogen) atoms. The Morgan fingerprint density at radius 2 is 1.91 bits per heavy atom. The molecule has 0 radical (unpaired) electrons. The van der Waals surface area contributed by atoms with Crippen molar-refractivity contribution in [2.24, 2.45) is 5.92 Å². The molecule has 0 saturated carbocycles. The lowest BCUT2D eigenvalue weighted by atomic mass is 10.0. The van der Waals surface area contributed by atoms with E-state index < -0.39 is 18.3 Å². The van der Waals surface area contributed by atoms with Crippen LogP contribution in [0.1, 0.15) is 31.4 Å². The third-order valence-electron chi connectivity index (χ3n) is 4.07. The number of hydrogen-bond donors (Lipinski definition) is 1. The number of rotatable bonds is 7. The third kappa shape index (κ3) is 4.22. The fourth-order valence-corrected chi connectivity index (χ4v) is 2.51. The zero-order chi connectivity index (χ0) is 16.1. The number of nitrogens with zero attached hydrogens (tertiary/aromatic N) is 1. The molecule has 1 aliphatic heterocycles. The largest absolute Gasteiger partial charge is 0.343 e. The maximum atomic E-state index is 13.2. The molecule has 1 saturated heterocycles. The Labute approximate surface area is 128 Å². The average molecular weight is 314 g/mol. The van der Waals surface area contributed by atoms with Crippen LogP contribution in [-0.4, -0.2) is 36.9 Å². The first-order valence-electron chi connectivity index (χ1n) is 7.57. The van der Waals surface area contributed by atoms with Crippen LogP contribution in [0.3, 0.4) is 0 Å². The van der Waals surface area contributed by atoms with Crippen LogP contribution in [0.2, 0.25) is 0 Å². The van der Waals surface area contributed by atoms with Gasteiger partial charge in [0, 0.05) is 6.54 Å². The minimum absolute atomic E-state index is 0.212. The van der Waals surface area contributed by atoms with Gasteiger partial charge in [0.1, 0.15) is 11.9 Å². The second kappa shape index (κ2) is 7.63. The summed E-state index contributed by atoms with van der Waals surface area (Å²) in [5, 5.41) is 2.42. The fraction of sp³-hybridized carbons (Fsp3) is 0.562. The minimum Gasteiger partial charge on any atom is -0.343 e. The van der Waals surface area contributed by atoms with E-state index in [9.17, 15) is 18.0 Å². The summed E-state index contributed by atoms with van der Waals surface area (Å²) < 4.78 is 39.4. The zero-order valence-electron chi connectivity index (χ0n) is 12.6. The second-order valence-electron chi connectivity index (χ2n) is 5.63. The van der Waals surface area contributed by atoms with Crippen LogP contribution < -0.4 is 5.32 Å². The van der Waals surface area contributed by atoms with E-state index >= 15 is 0 Å². The number of amides is 1. The van der Waals surface area contributed by atoms with Crippen LogP contribution in [-0.2, 0) is 4.79 Å². The lowest BCUT2D eigenvalue weighted by molar-refractivity contribution is -0.128. The molecular formula is C16H21F3N2O. The molecule has 1 aromatic rings. The predicted octanol–water partition coefficient (Wildman–Crippen LogP) is 2.98. The Morgan fingerprint density at radius 1 is 1.27 bits per heavy atom. The molecule has 1 unspecified atom stereocenters. The molecule has 2 atom stereocenters. The minimum atomic E-state index is -2.74. The van der Waals surface area contributed by atoms with E-state index in [2.05, 4.69) is 10.2 Å². The highest BCUT2D eigenvalue weighted by Crippen LogP contribution is 2.22. The highest BCUT2D eigenvalue weighted by atomic mass is 19.3. The highest BCUT2D eigenvalue weighted by molar-refractivity contribution is 5.79. The smallest absolute Gasteiger partial charge is 0.262 e. The second-order valence-corrected chi connectivity index (χ2v) is 5.63. The summed E-state index contributed by atoms with van der Waals surface area (Å²) in [6.45, 7) is 4.39. The predicted molar refractivity (Wildman–Crippen MR) is 78.1 cm³/mol. The molecule has 0 aromatic heterocycles. The monoisotopic (exact) mass is 314 g/mol. The number of alkyl halides is 2. The average Bonchev–Trinajstić information content (AvgIpc) is 2.44. The topological polar surface area (TPSA) is 32.3 Å². The number of carbonyl (C=O) groups excluding carboxylic acids is 1. The van der Waals surface area contributed by atoms with Crippen molar-refractivity contribution in [3.05, 3.63) is 35.6 Å². The van der Waals surface area contributed by atoms with Gasteiger partial charge in [-0.3, -0.25) is 4.79 Å². The molecule has 1 aromatic carbocycles. The molecule has 2 rings (SSSR count). The maximum absolute atomic E-state index is 13.2. The van der Waals surface area contributed by atoms with Crippen molar-refractivity contribution in [3.63, 3.8) is 0 Å². The van der Waals surface area contributed by atoms with E-state index in [1.807, 2.05) is 6.92 Å². The number of hydrogen-bond acceptors (Lipinski definition) is 2. The Hall–Kier alpha value is -1.56. The van der Waals surface area contributed by atoms with Crippen LogP contribution >= 0.6 is 0 Å². The van der Waals surface area contributed by atoms with Crippen LogP contribution in [0, 0.1) is 11.7 Å². The first-order chi connectivity index (χ1) is 10.5. The summed E-state index contributed by atoms with van der Waals surface area (Å²) in [4.78, 5) is 14.4. The Morgan fingerprint density at radius 3 is 2.36 bits per heavy atom. The van der Waals surface area contributed by atoms with Gasteiger partial charge in [-0.25, -0.2) is 13.2 Å². The van der Waals surface area contributed by atoms with Gasteiger partial charge < -0.3 is 10.2 Å². The number of carbonyl (C=O) groups is 1. The van der Waals surface area contributed by atoms with Gasteiger partial charge in [-0.05, 0) is 43.6 Å². The van der Waals surface area contributed by atoms with Crippen molar-refractivity contribution < 1.29 is 18.0 Å². The number of benzene rings is 1. The molecule has 0 spiro atoms. The van der Waals surface area contributed by atoms with E-state index in [-0.39, 0.29) is 17.4 Å². The SMILES string of the molecule is CCC(CN1CCC1)C(=O)N[C@H](c1ccc(F)cc1)C(F)F. The molecular weight excluding hydrogens is 293 g/mol. The molecule has 1 aliphatic rings. The van der Waals surface area contributed by atoms with E-state index in [1.54, 1.807) is 0 Å². The van der Waals surface area contributed by atoms with Gasteiger partial charge in [0.2, 0.25) is 5.91 Å². The van der Waals surface area contributed by atoms with Crippen LogP contribution in [0.4, 0.5) is 13.2 Å². The van der Waals surface area contributed by atoms with E-state index in [4.69, 9.17) is 0 Å². The number of nitrogens with one attached hydrogen (secondary N) is 1. The van der Waals surface area contributed by atoms with Crippen molar-refractivity contribution in [1.82, 2.24) is 10.2 Å². The summed E-state index contributed by atoms with van der Waals surface area (Å²) in [7, 11) is 0. The van der Waals surface area contributed by atoms with Gasteiger partial charge >= 0.3 is 0 Å². The summed E-state index contributed by atoms with van der Waals surface area (Å²) >= 11 is 0. The van der Waals surface area contributed by atoms with Crippen molar-refractivity contribution in [2.75, 3.05) is 19.6 Å². The summed E-state index contributed by atoms with van der Waals surface area (Å²) in [6.07, 6.45) is -1.02. The lowest BCUT2D eigenvalue weighted by Crippen LogP contribution is -2.46. The highest BCUT2D eigenvalue weighted by Gasteiger charge is 2.29. The van der Waals surface area contributed by atoms with Gasteiger partial charge in [0.05, 0.1) is 5.92 Å². The lowest BCUT2D eigenvalue weighted by Gasteiger charge is -2.33. The molecule has 0 aliphatic carbocycles. The number of likely N-dealkylation sites (tertiary alicyclic amines) is 1. The molecule has 1 heterocycles. The molecule has 122 valence electrons. The summed E-state index contributed by atoms with van der Waals surface area (Å²) in [5.41, 5.74) is 0.212. The molecule has 6 heteroatoms. The van der Waals surface area contributed by atoms with E-state index in [0.717, 1.165) is 31.6 Å². The Kier molecular flexibility index (Phi) is 5.83. The quantitative estimate of drug-likeness (QED) is 0.839. The number of halogens is 3. The van der Waals surface area contributed by atoms with E-state index in [0.29, 0.717) is 13.0 Å². The van der Waals surface area contributed by atoms with Crippen LogP contribution in [0.5, 0.6) is 0 Å². The van der Waals surface area contributed by atoms with Gasteiger partial charge in [0.25, 0.3) is 6.43 Å². The van der Waals surface area contributed by atoms with Crippen LogP contribution in [0.25, 0.3) is 0 Å².